The molecule has 24 heavy (non-hydrogen) atoms. The molecule has 1 aliphatic rings. The zero-order chi connectivity index (χ0) is 17.5. The van der Waals surface area contributed by atoms with Crippen LogP contribution >= 0.6 is 37.9 Å². The molecule has 1 aromatic heterocycles. The standard InChI is InChI=1S/C15H14BrClN2O3S2/c1-9-14(11-2-4-12(16)5-3-11)18-15(23-9)19-7-10(6-13(19)20)8-24(17,21)22/h2-5,10H,6-8H2,1H3. The van der Waals surface area contributed by atoms with Crippen molar-refractivity contribution in [2.45, 2.75) is 13.3 Å². The molecule has 2 heterocycles. The van der Waals surface area contributed by atoms with Crippen molar-refractivity contribution in [3.63, 3.8) is 0 Å². The third-order valence-corrected chi connectivity index (χ3v) is 6.54. The Morgan fingerprint density at radius 2 is 2.04 bits per heavy atom. The number of amides is 1. The van der Waals surface area contributed by atoms with Gasteiger partial charge in [0.1, 0.15) is 0 Å². The van der Waals surface area contributed by atoms with Gasteiger partial charge in [0.05, 0.1) is 11.4 Å². The van der Waals surface area contributed by atoms with E-state index in [1.165, 1.54) is 11.3 Å². The Morgan fingerprint density at radius 3 is 2.67 bits per heavy atom. The Balaban J connectivity index is 1.84. The molecule has 0 aliphatic carbocycles. The largest absolute Gasteiger partial charge is 0.288 e. The lowest BCUT2D eigenvalue weighted by molar-refractivity contribution is -0.117. The summed E-state index contributed by atoms with van der Waals surface area (Å²) in [4.78, 5) is 19.4. The number of rotatable bonds is 4. The molecule has 0 saturated carbocycles. The second-order valence-corrected chi connectivity index (χ2v) is 10.6. The van der Waals surface area contributed by atoms with Gasteiger partial charge in [-0.3, -0.25) is 9.69 Å². The topological polar surface area (TPSA) is 67.3 Å². The van der Waals surface area contributed by atoms with E-state index in [2.05, 4.69) is 20.9 Å². The first kappa shape index (κ1) is 17.8. The van der Waals surface area contributed by atoms with Crippen molar-refractivity contribution in [3.8, 4) is 11.3 Å². The molecule has 2 aromatic rings. The van der Waals surface area contributed by atoms with E-state index in [9.17, 15) is 13.2 Å². The van der Waals surface area contributed by atoms with Crippen molar-refractivity contribution in [3.05, 3.63) is 33.6 Å². The van der Waals surface area contributed by atoms with Crippen LogP contribution in [0.2, 0.25) is 0 Å². The maximum absolute atomic E-state index is 12.2. The molecule has 0 N–H and O–H groups in total. The molecule has 0 radical (unpaired) electrons. The van der Waals surface area contributed by atoms with Crippen LogP contribution in [0, 0.1) is 12.8 Å². The van der Waals surface area contributed by atoms with Crippen LogP contribution in [0.1, 0.15) is 11.3 Å². The molecule has 5 nitrogen and oxygen atoms in total. The lowest BCUT2D eigenvalue weighted by Crippen LogP contribution is -2.25. The van der Waals surface area contributed by atoms with Gasteiger partial charge in [-0.15, -0.1) is 11.3 Å². The molecule has 9 heteroatoms. The monoisotopic (exact) mass is 448 g/mol. The predicted octanol–water partition coefficient (Wildman–Crippen LogP) is 3.80. The molecular formula is C15H14BrClN2O3S2. The van der Waals surface area contributed by atoms with E-state index in [1.54, 1.807) is 4.90 Å². The summed E-state index contributed by atoms with van der Waals surface area (Å²) in [5, 5.41) is 0.602. The summed E-state index contributed by atoms with van der Waals surface area (Å²) in [6.07, 6.45) is 0.179. The zero-order valence-electron chi connectivity index (χ0n) is 12.7. The lowest BCUT2D eigenvalue weighted by atomic mass is 10.1. The number of carbonyl (C=O) groups is 1. The SMILES string of the molecule is Cc1sc(N2CC(CS(=O)(=O)Cl)CC2=O)nc1-c1ccc(Br)cc1. The fraction of sp³-hybridized carbons (Fsp3) is 0.333. The Hall–Kier alpha value is -0.960. The molecule has 1 aliphatic heterocycles. The van der Waals surface area contributed by atoms with E-state index in [1.807, 2.05) is 31.2 Å². The van der Waals surface area contributed by atoms with E-state index >= 15 is 0 Å². The van der Waals surface area contributed by atoms with Gasteiger partial charge in [0.15, 0.2) is 5.13 Å². The maximum Gasteiger partial charge on any atom is 0.232 e. The molecule has 1 saturated heterocycles. The van der Waals surface area contributed by atoms with Crippen LogP contribution in [0.3, 0.4) is 0 Å². The smallest absolute Gasteiger partial charge is 0.232 e. The molecule has 128 valence electrons. The minimum absolute atomic E-state index is 0.114. The normalized spacial score (nSPS) is 18.4. The molecule has 3 rings (SSSR count). The highest BCUT2D eigenvalue weighted by Crippen LogP contribution is 2.35. The lowest BCUT2D eigenvalue weighted by Gasteiger charge is -2.12. The second kappa shape index (κ2) is 6.74. The number of carbonyl (C=O) groups excluding carboxylic acids is 1. The van der Waals surface area contributed by atoms with Gasteiger partial charge in [-0.25, -0.2) is 13.4 Å². The van der Waals surface area contributed by atoms with Gasteiger partial charge in [-0.05, 0) is 19.1 Å². The van der Waals surface area contributed by atoms with Crippen molar-refractivity contribution < 1.29 is 13.2 Å². The van der Waals surface area contributed by atoms with Crippen molar-refractivity contribution in [1.29, 1.82) is 0 Å². The number of benzene rings is 1. The number of thiazole rings is 1. The fourth-order valence-corrected chi connectivity index (χ4v) is 5.28. The molecular weight excluding hydrogens is 436 g/mol. The van der Waals surface area contributed by atoms with Gasteiger partial charge in [0.2, 0.25) is 15.0 Å². The number of halogens is 2. The van der Waals surface area contributed by atoms with Crippen LogP contribution in [0.4, 0.5) is 5.13 Å². The minimum Gasteiger partial charge on any atom is -0.288 e. The molecule has 1 unspecified atom stereocenters. The van der Waals surface area contributed by atoms with Gasteiger partial charge in [0, 0.05) is 44.5 Å². The van der Waals surface area contributed by atoms with Gasteiger partial charge >= 0.3 is 0 Å². The quantitative estimate of drug-likeness (QED) is 0.666. The molecule has 1 fully saturated rings. The maximum atomic E-state index is 12.2. The van der Waals surface area contributed by atoms with E-state index in [-0.39, 0.29) is 24.0 Å². The Kier molecular flexibility index (Phi) is 5.01. The number of aromatic nitrogens is 1. The Labute approximate surface area is 157 Å². The van der Waals surface area contributed by atoms with E-state index in [0.29, 0.717) is 11.7 Å². The summed E-state index contributed by atoms with van der Waals surface area (Å²) >= 11 is 4.84. The molecule has 1 atom stereocenters. The predicted molar refractivity (Wildman–Crippen MR) is 100 cm³/mol. The van der Waals surface area contributed by atoms with Crippen LogP contribution in [0.5, 0.6) is 0 Å². The van der Waals surface area contributed by atoms with E-state index in [0.717, 1.165) is 20.6 Å². The Bertz CT molecular complexity index is 881. The van der Waals surface area contributed by atoms with E-state index in [4.69, 9.17) is 10.7 Å². The van der Waals surface area contributed by atoms with Crippen LogP contribution < -0.4 is 4.90 Å². The van der Waals surface area contributed by atoms with Gasteiger partial charge in [-0.1, -0.05) is 28.1 Å². The molecule has 0 bridgehead atoms. The van der Waals surface area contributed by atoms with Crippen LogP contribution in [-0.4, -0.2) is 31.6 Å². The van der Waals surface area contributed by atoms with Crippen molar-refractivity contribution >= 4 is 58.0 Å². The third kappa shape index (κ3) is 3.99. The van der Waals surface area contributed by atoms with E-state index < -0.39 is 9.05 Å². The van der Waals surface area contributed by atoms with Gasteiger partial charge in [-0.2, -0.15) is 0 Å². The first-order valence-electron chi connectivity index (χ1n) is 7.19. The van der Waals surface area contributed by atoms with Crippen molar-refractivity contribution in [2.75, 3.05) is 17.2 Å². The first-order chi connectivity index (χ1) is 11.2. The average Bonchev–Trinajstić information content (AvgIpc) is 3.01. The van der Waals surface area contributed by atoms with Gasteiger partial charge < -0.3 is 0 Å². The third-order valence-electron chi connectivity index (χ3n) is 3.77. The van der Waals surface area contributed by atoms with Gasteiger partial charge in [0.25, 0.3) is 0 Å². The van der Waals surface area contributed by atoms with Crippen molar-refractivity contribution in [1.82, 2.24) is 4.98 Å². The zero-order valence-corrected chi connectivity index (χ0v) is 16.7. The Morgan fingerprint density at radius 1 is 1.38 bits per heavy atom. The minimum atomic E-state index is -3.61. The highest BCUT2D eigenvalue weighted by Gasteiger charge is 2.35. The molecule has 1 aromatic carbocycles. The summed E-state index contributed by atoms with van der Waals surface area (Å²) in [6, 6.07) is 7.81. The summed E-state index contributed by atoms with van der Waals surface area (Å²) in [6.45, 7) is 2.29. The number of aryl methyl sites for hydroxylation is 1. The first-order valence-corrected chi connectivity index (χ1v) is 11.3. The number of nitrogens with zero attached hydrogens (tertiary/aromatic N) is 2. The second-order valence-electron chi connectivity index (χ2n) is 5.69. The summed E-state index contributed by atoms with van der Waals surface area (Å²) in [7, 11) is 1.69. The number of anilines is 1. The summed E-state index contributed by atoms with van der Waals surface area (Å²) in [5.74, 6) is -0.600. The fourth-order valence-electron chi connectivity index (χ4n) is 2.73. The van der Waals surface area contributed by atoms with Crippen LogP contribution in [0.25, 0.3) is 11.3 Å². The van der Waals surface area contributed by atoms with Crippen LogP contribution in [0.15, 0.2) is 28.7 Å². The molecule has 0 spiro atoms. The summed E-state index contributed by atoms with van der Waals surface area (Å²) < 4.78 is 23.4. The average molecular weight is 450 g/mol. The number of hydrogen-bond donors (Lipinski definition) is 0. The number of hydrogen-bond acceptors (Lipinski definition) is 5. The summed E-state index contributed by atoms with van der Waals surface area (Å²) in [5.41, 5.74) is 1.81. The highest BCUT2D eigenvalue weighted by molar-refractivity contribution is 9.10. The van der Waals surface area contributed by atoms with Crippen molar-refractivity contribution in [2.24, 2.45) is 5.92 Å². The highest BCUT2D eigenvalue weighted by atomic mass is 79.9. The molecule has 1 amide bonds. The van der Waals surface area contributed by atoms with Crippen LogP contribution in [-0.2, 0) is 13.8 Å².